The fourth-order valence-corrected chi connectivity index (χ4v) is 10.7. The van der Waals surface area contributed by atoms with Crippen LogP contribution in [0.5, 0.6) is 0 Å². The molecule has 1 aliphatic rings. The van der Waals surface area contributed by atoms with E-state index in [2.05, 4.69) is 109 Å². The molecule has 3 aromatic rings. The number of rotatable bonds is 49. The van der Waals surface area contributed by atoms with Gasteiger partial charge in [0.15, 0.2) is 0 Å². The summed E-state index contributed by atoms with van der Waals surface area (Å²) in [5.41, 5.74) is 5.32. The van der Waals surface area contributed by atoms with Gasteiger partial charge in [0.25, 0.3) is 11.8 Å². The van der Waals surface area contributed by atoms with Crippen molar-refractivity contribution in [2.24, 2.45) is 0 Å². The minimum Gasteiger partial charge on any atom is -0.379 e. The second-order valence-corrected chi connectivity index (χ2v) is 22.9. The quantitative estimate of drug-likeness (QED) is 0.0240. The van der Waals surface area contributed by atoms with Crippen LogP contribution in [0.15, 0.2) is 84.9 Å². The van der Waals surface area contributed by atoms with E-state index >= 15 is 0 Å². The number of hydrogen-bond donors (Lipinski definition) is 4. The van der Waals surface area contributed by atoms with E-state index in [0.29, 0.717) is 152 Å². The predicted octanol–water partition coefficient (Wildman–Crippen LogP) is 8.65. The third kappa shape index (κ3) is 29.8. The molecule has 3 aromatic carbocycles. The number of imide groups is 1. The van der Waals surface area contributed by atoms with E-state index in [-0.39, 0.29) is 70.3 Å². The molecule has 4 rings (SSSR count). The summed E-state index contributed by atoms with van der Waals surface area (Å²) < 4.78 is 18.6. The van der Waals surface area contributed by atoms with Crippen LogP contribution in [0.3, 0.4) is 0 Å². The van der Waals surface area contributed by atoms with Crippen molar-refractivity contribution < 1.29 is 43.0 Å². The van der Waals surface area contributed by atoms with Crippen molar-refractivity contribution in [1.82, 2.24) is 26.2 Å². The van der Waals surface area contributed by atoms with Gasteiger partial charge >= 0.3 is 0 Å². The monoisotopic (exact) mass is 1300 g/mol. The maximum Gasteiger partial charge on any atom is 0.253 e. The first-order valence-corrected chi connectivity index (χ1v) is 32.8. The summed E-state index contributed by atoms with van der Waals surface area (Å²) in [6, 6.07) is 24.7. The lowest BCUT2D eigenvalue weighted by atomic mass is 10.0. The summed E-state index contributed by atoms with van der Waals surface area (Å²) in [5.74, 6) is 1.35. The van der Waals surface area contributed by atoms with Crippen LogP contribution in [0.2, 0.25) is 0 Å². The largest absolute Gasteiger partial charge is 0.379 e. The highest BCUT2D eigenvalue weighted by Gasteiger charge is 2.34. The van der Waals surface area contributed by atoms with Gasteiger partial charge in [0.2, 0.25) is 23.6 Å². The van der Waals surface area contributed by atoms with Gasteiger partial charge in [-0.2, -0.15) is 0 Å². The summed E-state index contributed by atoms with van der Waals surface area (Å²) in [4.78, 5) is 84.3. The smallest absolute Gasteiger partial charge is 0.253 e. The first-order valence-electron chi connectivity index (χ1n) is 29.6. The van der Waals surface area contributed by atoms with Crippen LogP contribution >= 0.6 is 69.6 Å². The van der Waals surface area contributed by atoms with E-state index in [1.54, 1.807) is 0 Å². The van der Waals surface area contributed by atoms with Crippen molar-refractivity contribution in [3.63, 3.8) is 0 Å². The first kappa shape index (κ1) is 72.9. The van der Waals surface area contributed by atoms with Gasteiger partial charge in [0.1, 0.15) is 5.54 Å². The van der Waals surface area contributed by atoms with Crippen LogP contribution in [0.4, 0.5) is 17.1 Å². The molecule has 4 N–H and O–H groups in total. The number of carbonyl (C=O) groups excluding carboxylic acids is 6. The van der Waals surface area contributed by atoms with Crippen LogP contribution in [-0.4, -0.2) is 186 Å². The number of aryl methyl sites for hydroxylation is 3. The highest BCUT2D eigenvalue weighted by molar-refractivity contribution is 6.19. The number of alkyl halides is 6. The molecule has 0 aliphatic carbocycles. The molecule has 23 heteroatoms. The molecular weight excluding hydrogens is 1210 g/mol. The summed E-state index contributed by atoms with van der Waals surface area (Å²) in [6.45, 7) is 5.77. The lowest BCUT2D eigenvalue weighted by molar-refractivity contribution is -0.138. The number of hydrogen-bond acceptors (Lipinski definition) is 12. The van der Waals surface area contributed by atoms with Crippen LogP contribution in [-0.2, 0) is 62.2 Å². The topological polar surface area (TPSA) is 191 Å². The normalized spacial score (nSPS) is 12.2. The molecule has 0 atom stereocenters. The van der Waals surface area contributed by atoms with E-state index in [0.717, 1.165) is 57.9 Å². The van der Waals surface area contributed by atoms with Gasteiger partial charge in [-0.15, -0.1) is 69.6 Å². The Kier molecular flexibility index (Phi) is 37.7. The molecule has 0 fully saturated rings. The van der Waals surface area contributed by atoms with Gasteiger partial charge in [-0.25, -0.2) is 0 Å². The zero-order chi connectivity index (χ0) is 61.3. The Labute approximate surface area is 533 Å². The predicted molar refractivity (Wildman–Crippen MR) is 346 cm³/mol. The zero-order valence-electron chi connectivity index (χ0n) is 49.1. The van der Waals surface area contributed by atoms with E-state index in [1.807, 2.05) is 0 Å². The molecule has 1 heterocycles. The number of benzene rings is 3. The van der Waals surface area contributed by atoms with Crippen LogP contribution in [0, 0.1) is 0 Å². The van der Waals surface area contributed by atoms with Crippen LogP contribution in [0.25, 0.3) is 0 Å². The highest BCUT2D eigenvalue weighted by atomic mass is 35.5. The van der Waals surface area contributed by atoms with Crippen molar-refractivity contribution in [3.8, 4) is 0 Å². The fraction of sp³-hybridized carbons (Fsp3) is 0.581. The third-order valence-electron chi connectivity index (χ3n) is 14.0. The van der Waals surface area contributed by atoms with Gasteiger partial charge in [-0.1, -0.05) is 36.4 Å². The summed E-state index contributed by atoms with van der Waals surface area (Å²) in [6.07, 6.45) is 8.94. The molecule has 85 heavy (non-hydrogen) atoms. The summed E-state index contributed by atoms with van der Waals surface area (Å²) >= 11 is 35.9. The Morgan fingerprint density at radius 2 is 0.706 bits per heavy atom. The van der Waals surface area contributed by atoms with E-state index in [4.69, 9.17) is 83.8 Å². The molecule has 1 aliphatic heterocycles. The lowest BCUT2D eigenvalue weighted by Gasteiger charge is -2.34. The zero-order valence-corrected chi connectivity index (χ0v) is 53.6. The van der Waals surface area contributed by atoms with E-state index < -0.39 is 23.3 Å². The van der Waals surface area contributed by atoms with Crippen molar-refractivity contribution in [1.29, 1.82) is 0 Å². The minimum absolute atomic E-state index is 0.0404. The first-order chi connectivity index (χ1) is 41.4. The van der Waals surface area contributed by atoms with Crippen LogP contribution < -0.4 is 36.0 Å². The van der Waals surface area contributed by atoms with Gasteiger partial charge in [-0.05, 0) is 111 Å². The maximum atomic E-state index is 13.7. The maximum absolute atomic E-state index is 13.7. The standard InChI is InChI=1S/C62H88Cl6N8O9/c63-28-38-73(39-29-64)53-19-13-50(14-20-53)7-1-10-56(77)69-34-4-44-83-47-62(72-59(80)27-37-76-60(81)25-26-61(76)82,48-84-45-5-35-70-57(78)11-2-8-51-15-21-54(22-16-51)74(40-30-65)41-31-66)49-85-46-6-36-71-58(79)12-3-9-52-17-23-55(24-18-52)75(42-32-67)43-33-68/h13-26H,1-12,27-49H2,(H,69,77)(H,70,78)(H,71,79)(H,72,80). The molecule has 472 valence electrons. The average molecular weight is 1300 g/mol. The number of halogens is 6. The van der Waals surface area contributed by atoms with Crippen LogP contribution in [0.1, 0.15) is 80.9 Å². The highest BCUT2D eigenvalue weighted by Crippen LogP contribution is 2.21. The number of carbonyl (C=O) groups is 6. The molecule has 0 saturated carbocycles. The molecule has 17 nitrogen and oxygen atoms in total. The Morgan fingerprint density at radius 1 is 0.412 bits per heavy atom. The molecule has 0 unspecified atom stereocenters. The van der Waals surface area contributed by atoms with Gasteiger partial charge < -0.3 is 50.2 Å². The summed E-state index contributed by atoms with van der Waals surface area (Å²) in [5, 5.41) is 12.0. The van der Waals surface area contributed by atoms with Crippen molar-refractivity contribution in [2.75, 3.05) is 155 Å². The SMILES string of the molecule is O=C(CCCc1ccc(N(CCCl)CCCl)cc1)NCCCOCC(COCCCNC(=O)CCCc1ccc(N(CCCl)CCCl)cc1)(COCCCNC(=O)CCCc1ccc(N(CCCl)CCCl)cc1)NC(=O)CCN1C(=O)C=CC1=O. The fourth-order valence-electron chi connectivity index (χ4n) is 9.43. The Bertz CT molecular complexity index is 2180. The Morgan fingerprint density at radius 3 is 0.988 bits per heavy atom. The molecule has 0 radical (unpaired) electrons. The van der Waals surface area contributed by atoms with E-state index in [1.165, 1.54) is 12.2 Å². The third-order valence-corrected chi connectivity index (χ3v) is 15.0. The second-order valence-electron chi connectivity index (χ2n) is 20.7. The molecule has 0 saturated heterocycles. The second kappa shape index (κ2) is 44.0. The number of anilines is 3. The molecule has 0 aromatic heterocycles. The number of nitrogens with zero attached hydrogens (tertiary/aromatic N) is 4. The van der Waals surface area contributed by atoms with Crippen molar-refractivity contribution >= 4 is 122 Å². The Hall–Kier alpha value is -4.56. The molecule has 0 spiro atoms. The average Bonchev–Trinajstić information content (AvgIpc) is 4.09. The molecule has 6 amide bonds. The minimum atomic E-state index is -1.23. The van der Waals surface area contributed by atoms with Crippen molar-refractivity contribution in [2.45, 2.75) is 89.0 Å². The lowest BCUT2D eigenvalue weighted by Crippen LogP contribution is -2.59. The van der Waals surface area contributed by atoms with Gasteiger partial charge in [0.05, 0.1) is 19.8 Å². The number of nitrogens with one attached hydrogen (secondary N) is 4. The van der Waals surface area contributed by atoms with Crippen molar-refractivity contribution in [3.05, 3.63) is 102 Å². The summed E-state index contributed by atoms with van der Waals surface area (Å²) in [7, 11) is 0. The molecular formula is C62H88Cl6N8O9. The number of amides is 6. The number of ether oxygens (including phenoxy) is 3. The van der Waals surface area contributed by atoms with E-state index in [9.17, 15) is 28.8 Å². The van der Waals surface area contributed by atoms with Gasteiger partial charge in [0, 0.05) is 175 Å². The van der Waals surface area contributed by atoms with Gasteiger partial charge in [-0.3, -0.25) is 33.7 Å². The Balaban J connectivity index is 1.30. The molecule has 0 bridgehead atoms.